The van der Waals surface area contributed by atoms with Crippen molar-refractivity contribution < 1.29 is 18.7 Å². The summed E-state index contributed by atoms with van der Waals surface area (Å²) >= 11 is 0. The maximum atomic E-state index is 14.2. The maximum absolute atomic E-state index is 14.2. The number of ether oxygens (including phenoxy) is 2. The Labute approximate surface area is 178 Å². The van der Waals surface area contributed by atoms with Gasteiger partial charge in [0.1, 0.15) is 6.10 Å². The summed E-state index contributed by atoms with van der Waals surface area (Å²) in [6.07, 6.45) is 3.51. The van der Waals surface area contributed by atoms with Crippen molar-refractivity contribution in [2.75, 3.05) is 29.2 Å². The summed E-state index contributed by atoms with van der Waals surface area (Å²) in [4.78, 5) is 23.6. The van der Waals surface area contributed by atoms with Gasteiger partial charge in [-0.1, -0.05) is 6.07 Å². The van der Waals surface area contributed by atoms with E-state index in [9.17, 15) is 9.18 Å². The van der Waals surface area contributed by atoms with Crippen LogP contribution in [0.3, 0.4) is 0 Å². The Balaban J connectivity index is 1.43. The van der Waals surface area contributed by atoms with Crippen molar-refractivity contribution >= 4 is 34.7 Å². The average Bonchev–Trinajstić information content (AvgIpc) is 3.25. The number of anilines is 5. The fourth-order valence-corrected chi connectivity index (χ4v) is 2.96. The summed E-state index contributed by atoms with van der Waals surface area (Å²) in [5.74, 6) is -0.120. The molecular formula is C21H21FN6O3. The molecule has 3 aromatic rings. The first kappa shape index (κ1) is 20.5. The van der Waals surface area contributed by atoms with E-state index < -0.39 is 5.82 Å². The molecule has 10 heteroatoms. The highest BCUT2D eigenvalue weighted by Gasteiger charge is 2.17. The van der Waals surface area contributed by atoms with Gasteiger partial charge in [-0.15, -0.1) is 0 Å². The molecule has 31 heavy (non-hydrogen) atoms. The summed E-state index contributed by atoms with van der Waals surface area (Å²) in [7, 11) is 0. The monoisotopic (exact) mass is 424 g/mol. The van der Waals surface area contributed by atoms with Gasteiger partial charge in [0.2, 0.25) is 17.7 Å². The van der Waals surface area contributed by atoms with Crippen molar-refractivity contribution in [3.63, 3.8) is 0 Å². The Morgan fingerprint density at radius 2 is 2.00 bits per heavy atom. The number of aromatic nitrogens is 3. The lowest BCUT2D eigenvalue weighted by molar-refractivity contribution is -0.114. The van der Waals surface area contributed by atoms with E-state index in [1.807, 2.05) is 0 Å². The van der Waals surface area contributed by atoms with Crippen LogP contribution in [-0.4, -0.2) is 40.2 Å². The highest BCUT2D eigenvalue weighted by Crippen LogP contribution is 2.23. The number of benzene rings is 1. The third-order valence-corrected chi connectivity index (χ3v) is 4.36. The number of pyridine rings is 1. The molecule has 1 aromatic carbocycles. The second-order valence-electron chi connectivity index (χ2n) is 6.89. The van der Waals surface area contributed by atoms with Crippen LogP contribution in [0.25, 0.3) is 0 Å². The van der Waals surface area contributed by atoms with Crippen LogP contribution in [0.4, 0.5) is 33.2 Å². The topological polar surface area (TPSA) is 110 Å². The van der Waals surface area contributed by atoms with E-state index in [1.165, 1.54) is 6.92 Å². The fraction of sp³-hybridized carbons (Fsp3) is 0.238. The zero-order valence-corrected chi connectivity index (χ0v) is 16.8. The molecule has 4 rings (SSSR count). The lowest BCUT2D eigenvalue weighted by atomic mass is 10.2. The van der Waals surface area contributed by atoms with Crippen LogP contribution in [-0.2, 0) is 9.53 Å². The highest BCUT2D eigenvalue weighted by molar-refractivity contribution is 5.89. The number of hydrogen-bond acceptors (Lipinski definition) is 8. The van der Waals surface area contributed by atoms with Crippen LogP contribution in [0.15, 0.2) is 48.8 Å². The number of carbonyl (C=O) groups excluding carboxylic acids is 1. The summed E-state index contributed by atoms with van der Waals surface area (Å²) in [6.45, 7) is 2.67. The number of nitrogens with one attached hydrogen (secondary N) is 3. The average molecular weight is 424 g/mol. The lowest BCUT2D eigenvalue weighted by Gasteiger charge is -2.12. The normalized spacial score (nSPS) is 15.4. The van der Waals surface area contributed by atoms with Crippen molar-refractivity contribution in [3.8, 4) is 5.88 Å². The van der Waals surface area contributed by atoms with Gasteiger partial charge in [0.15, 0.2) is 11.6 Å². The molecule has 1 aliphatic heterocycles. The smallest absolute Gasteiger partial charge is 0.229 e. The quantitative estimate of drug-likeness (QED) is 0.528. The fourth-order valence-electron chi connectivity index (χ4n) is 2.96. The molecular weight excluding hydrogens is 403 g/mol. The number of carbonyl (C=O) groups is 1. The van der Waals surface area contributed by atoms with E-state index in [-0.39, 0.29) is 23.8 Å². The first-order chi connectivity index (χ1) is 15.0. The second-order valence-corrected chi connectivity index (χ2v) is 6.89. The number of rotatable bonds is 7. The Kier molecular flexibility index (Phi) is 6.18. The van der Waals surface area contributed by atoms with E-state index >= 15 is 0 Å². The van der Waals surface area contributed by atoms with Gasteiger partial charge in [0.05, 0.1) is 31.3 Å². The van der Waals surface area contributed by atoms with Gasteiger partial charge in [-0.05, 0) is 24.3 Å². The Morgan fingerprint density at radius 1 is 1.13 bits per heavy atom. The summed E-state index contributed by atoms with van der Waals surface area (Å²) in [5.41, 5.74) is 1.77. The summed E-state index contributed by atoms with van der Waals surface area (Å²) < 4.78 is 25.2. The van der Waals surface area contributed by atoms with E-state index in [1.54, 1.807) is 42.6 Å². The minimum Gasteiger partial charge on any atom is -0.472 e. The van der Waals surface area contributed by atoms with Crippen LogP contribution in [0.1, 0.15) is 13.3 Å². The van der Waals surface area contributed by atoms with Crippen LogP contribution in [0, 0.1) is 5.82 Å². The van der Waals surface area contributed by atoms with Gasteiger partial charge >= 0.3 is 0 Å². The Hall–Kier alpha value is -3.79. The molecule has 1 fully saturated rings. The molecule has 1 atom stereocenters. The molecule has 3 N–H and O–H groups in total. The SMILES string of the molecule is CC(=O)Nc1cccc(Nc2nc(Nc3ccc(O[C@H]4CCOC4)nc3)ncc2F)c1. The van der Waals surface area contributed by atoms with Gasteiger partial charge in [0.25, 0.3) is 0 Å². The van der Waals surface area contributed by atoms with Gasteiger partial charge < -0.3 is 25.4 Å². The summed E-state index contributed by atoms with van der Waals surface area (Å²) in [5, 5.41) is 8.56. The zero-order chi connectivity index (χ0) is 21.6. The van der Waals surface area contributed by atoms with Crippen molar-refractivity contribution in [2.45, 2.75) is 19.4 Å². The second kappa shape index (κ2) is 9.35. The molecule has 0 bridgehead atoms. The van der Waals surface area contributed by atoms with E-state index in [2.05, 4.69) is 30.9 Å². The molecule has 3 heterocycles. The van der Waals surface area contributed by atoms with E-state index in [4.69, 9.17) is 9.47 Å². The van der Waals surface area contributed by atoms with Crippen LogP contribution >= 0.6 is 0 Å². The molecule has 0 spiro atoms. The molecule has 1 amide bonds. The van der Waals surface area contributed by atoms with Gasteiger partial charge in [0, 0.05) is 30.8 Å². The molecule has 9 nitrogen and oxygen atoms in total. The third-order valence-electron chi connectivity index (χ3n) is 4.36. The molecule has 0 saturated carbocycles. The van der Waals surface area contributed by atoms with Gasteiger partial charge in [-0.25, -0.2) is 14.4 Å². The zero-order valence-electron chi connectivity index (χ0n) is 16.8. The predicted octanol–water partition coefficient (Wildman–Crippen LogP) is 3.62. The molecule has 1 aliphatic rings. The standard InChI is InChI=1S/C21H21FN6O3/c1-13(29)25-14-3-2-4-15(9-14)26-20-18(22)11-24-21(28-20)27-16-5-6-19(23-10-16)31-17-7-8-30-12-17/h2-6,9-11,17H,7-8,12H2,1H3,(H,25,29)(H2,24,26,27,28)/t17-/m0/s1. The number of hydrogen-bond donors (Lipinski definition) is 3. The Morgan fingerprint density at radius 3 is 2.74 bits per heavy atom. The van der Waals surface area contributed by atoms with Crippen LogP contribution in [0.5, 0.6) is 5.88 Å². The van der Waals surface area contributed by atoms with Crippen LogP contribution < -0.4 is 20.7 Å². The molecule has 0 aliphatic carbocycles. The van der Waals surface area contributed by atoms with Gasteiger partial charge in [-0.3, -0.25) is 4.79 Å². The maximum Gasteiger partial charge on any atom is 0.229 e. The predicted molar refractivity (Wildman–Crippen MR) is 113 cm³/mol. The number of halogens is 1. The number of nitrogens with zero attached hydrogens (tertiary/aromatic N) is 3. The minimum absolute atomic E-state index is 0.00776. The van der Waals surface area contributed by atoms with Gasteiger partial charge in [-0.2, -0.15) is 4.98 Å². The molecule has 2 aromatic heterocycles. The van der Waals surface area contributed by atoms with Crippen molar-refractivity contribution in [1.82, 2.24) is 15.0 Å². The van der Waals surface area contributed by atoms with Crippen molar-refractivity contribution in [3.05, 3.63) is 54.6 Å². The van der Waals surface area contributed by atoms with E-state index in [0.717, 1.165) is 12.6 Å². The molecule has 160 valence electrons. The third kappa shape index (κ3) is 5.64. The molecule has 0 unspecified atom stereocenters. The van der Waals surface area contributed by atoms with Crippen molar-refractivity contribution in [1.29, 1.82) is 0 Å². The summed E-state index contributed by atoms with van der Waals surface area (Å²) in [6, 6.07) is 10.4. The van der Waals surface area contributed by atoms with Crippen molar-refractivity contribution in [2.24, 2.45) is 0 Å². The van der Waals surface area contributed by atoms with Crippen LogP contribution in [0.2, 0.25) is 0 Å². The minimum atomic E-state index is -0.615. The first-order valence-corrected chi connectivity index (χ1v) is 9.70. The largest absolute Gasteiger partial charge is 0.472 e. The first-order valence-electron chi connectivity index (χ1n) is 9.70. The molecule has 0 radical (unpaired) electrons. The number of amides is 1. The van der Waals surface area contributed by atoms with E-state index in [0.29, 0.717) is 36.2 Å². The molecule has 1 saturated heterocycles. The Bertz CT molecular complexity index is 1060. The highest BCUT2D eigenvalue weighted by atomic mass is 19.1. The lowest BCUT2D eigenvalue weighted by Crippen LogP contribution is -2.16.